The zero-order valence-corrected chi connectivity index (χ0v) is 14.1. The maximum absolute atomic E-state index is 12.0. The molecule has 2 rings (SSSR count). The highest BCUT2D eigenvalue weighted by atomic mass is 16.3. The van der Waals surface area contributed by atoms with Crippen LogP contribution in [-0.2, 0) is 0 Å². The van der Waals surface area contributed by atoms with Gasteiger partial charge in [0, 0.05) is 32.6 Å². The Balaban J connectivity index is 2.25. The maximum Gasteiger partial charge on any atom is 0.273 e. The molecule has 23 heavy (non-hydrogen) atoms. The number of aliphatic hydroxyl groups excluding tert-OH is 2. The minimum absolute atomic E-state index is 0.0672. The van der Waals surface area contributed by atoms with Crippen LogP contribution in [0.25, 0.3) is 0 Å². The molecule has 0 spiro atoms. The third-order valence-electron chi connectivity index (χ3n) is 4.52. The number of anilines is 1. The highest BCUT2D eigenvalue weighted by Crippen LogP contribution is 2.36. The Morgan fingerprint density at radius 2 is 2.22 bits per heavy atom. The van der Waals surface area contributed by atoms with Gasteiger partial charge in [0.05, 0.1) is 25.1 Å². The normalized spacial score (nSPS) is 24.6. The summed E-state index contributed by atoms with van der Waals surface area (Å²) in [6.07, 6.45) is 4.74. The van der Waals surface area contributed by atoms with Gasteiger partial charge in [-0.3, -0.25) is 9.78 Å². The van der Waals surface area contributed by atoms with E-state index in [1.165, 1.54) is 11.1 Å². The van der Waals surface area contributed by atoms with Crippen molar-refractivity contribution < 1.29 is 15.0 Å². The third-order valence-corrected chi connectivity index (χ3v) is 4.52. The molecule has 0 aliphatic carbocycles. The van der Waals surface area contributed by atoms with Gasteiger partial charge < -0.3 is 20.0 Å². The summed E-state index contributed by atoms with van der Waals surface area (Å²) in [7, 11) is 3.35. The van der Waals surface area contributed by atoms with Gasteiger partial charge in [0.1, 0.15) is 11.5 Å². The van der Waals surface area contributed by atoms with Crippen LogP contribution in [0.15, 0.2) is 12.4 Å². The van der Waals surface area contributed by atoms with Crippen molar-refractivity contribution in [3.63, 3.8) is 0 Å². The van der Waals surface area contributed by atoms with Crippen LogP contribution >= 0.6 is 0 Å². The number of carbonyl (C=O) groups is 1. The lowest BCUT2D eigenvalue weighted by molar-refractivity contribution is -0.0353. The van der Waals surface area contributed by atoms with E-state index in [-0.39, 0.29) is 12.5 Å². The fraction of sp³-hybridized carbons (Fsp3) is 0.688. The summed E-state index contributed by atoms with van der Waals surface area (Å²) in [5.41, 5.74) is -0.250. The van der Waals surface area contributed by atoms with Crippen LogP contribution in [0.1, 0.15) is 36.7 Å². The molecule has 2 N–H and O–H groups in total. The number of aromatic nitrogens is 2. The molecule has 0 saturated carbocycles. The van der Waals surface area contributed by atoms with E-state index in [4.69, 9.17) is 0 Å². The van der Waals surface area contributed by atoms with Crippen molar-refractivity contribution in [3.05, 3.63) is 18.1 Å². The SMILES string of the molecule is CCC[C@@]1(CO)CN(c2cncc(C(=O)N(C)C)n2)CC[C@@H]1O. The number of nitrogens with zero attached hydrogens (tertiary/aromatic N) is 4. The Labute approximate surface area is 137 Å². The van der Waals surface area contributed by atoms with Gasteiger partial charge in [-0.05, 0) is 12.8 Å². The maximum atomic E-state index is 12.0. The monoisotopic (exact) mass is 322 g/mol. The summed E-state index contributed by atoms with van der Waals surface area (Å²) in [6, 6.07) is 0. The average Bonchev–Trinajstić information content (AvgIpc) is 2.56. The molecule has 1 amide bonds. The fourth-order valence-corrected chi connectivity index (χ4v) is 3.16. The zero-order chi connectivity index (χ0) is 17.0. The molecule has 0 radical (unpaired) electrons. The van der Waals surface area contributed by atoms with E-state index >= 15 is 0 Å². The van der Waals surface area contributed by atoms with Crippen molar-refractivity contribution in [2.75, 3.05) is 38.7 Å². The zero-order valence-electron chi connectivity index (χ0n) is 14.1. The summed E-state index contributed by atoms with van der Waals surface area (Å²) in [5.74, 6) is 0.414. The molecule has 7 heteroatoms. The molecular weight excluding hydrogens is 296 g/mol. The fourth-order valence-electron chi connectivity index (χ4n) is 3.16. The summed E-state index contributed by atoms with van der Waals surface area (Å²) < 4.78 is 0. The van der Waals surface area contributed by atoms with Crippen LogP contribution in [0.2, 0.25) is 0 Å². The number of amides is 1. The minimum atomic E-state index is -0.545. The Morgan fingerprint density at radius 1 is 1.48 bits per heavy atom. The van der Waals surface area contributed by atoms with Crippen molar-refractivity contribution in [2.45, 2.75) is 32.3 Å². The first-order valence-electron chi connectivity index (χ1n) is 8.01. The van der Waals surface area contributed by atoms with E-state index in [0.717, 1.165) is 12.8 Å². The first-order chi connectivity index (χ1) is 10.9. The molecule has 0 aromatic carbocycles. The lowest BCUT2D eigenvalue weighted by atomic mass is 9.74. The molecule has 0 bridgehead atoms. The molecule has 7 nitrogen and oxygen atoms in total. The van der Waals surface area contributed by atoms with Crippen LogP contribution in [0.4, 0.5) is 5.82 Å². The Hall–Kier alpha value is -1.73. The number of carbonyl (C=O) groups excluding carboxylic acids is 1. The van der Waals surface area contributed by atoms with Crippen LogP contribution < -0.4 is 4.90 Å². The molecule has 2 atom stereocenters. The van der Waals surface area contributed by atoms with Crippen molar-refractivity contribution >= 4 is 11.7 Å². The van der Waals surface area contributed by atoms with Gasteiger partial charge in [0.15, 0.2) is 0 Å². The minimum Gasteiger partial charge on any atom is -0.396 e. The summed E-state index contributed by atoms with van der Waals surface area (Å²) >= 11 is 0. The second-order valence-corrected chi connectivity index (χ2v) is 6.46. The van der Waals surface area contributed by atoms with Crippen LogP contribution in [0, 0.1) is 5.41 Å². The quantitative estimate of drug-likeness (QED) is 0.822. The summed E-state index contributed by atoms with van der Waals surface area (Å²) in [5, 5.41) is 20.2. The number of aliphatic hydroxyl groups is 2. The standard InChI is InChI=1S/C16H26N4O3/c1-4-6-16(11-21)10-20(7-5-13(16)22)14-9-17-8-12(18-14)15(23)19(2)3/h8-9,13,21-22H,4-7,10-11H2,1-3H3/t13-,16-/m0/s1. The number of rotatable bonds is 5. The lowest BCUT2D eigenvalue weighted by Crippen LogP contribution is -2.54. The molecule has 1 saturated heterocycles. The van der Waals surface area contributed by atoms with Crippen LogP contribution in [0.3, 0.4) is 0 Å². The van der Waals surface area contributed by atoms with Gasteiger partial charge in [0.2, 0.25) is 0 Å². The van der Waals surface area contributed by atoms with E-state index in [1.807, 2.05) is 11.8 Å². The van der Waals surface area contributed by atoms with Crippen LogP contribution in [-0.4, -0.2) is 70.9 Å². The first kappa shape index (κ1) is 17.6. The molecule has 1 aliphatic rings. The molecule has 1 aliphatic heterocycles. The molecule has 128 valence electrons. The van der Waals surface area contributed by atoms with Gasteiger partial charge in [-0.15, -0.1) is 0 Å². The topological polar surface area (TPSA) is 89.8 Å². The second kappa shape index (κ2) is 7.23. The van der Waals surface area contributed by atoms with Crippen molar-refractivity contribution in [2.24, 2.45) is 5.41 Å². The van der Waals surface area contributed by atoms with E-state index in [1.54, 1.807) is 20.3 Å². The van der Waals surface area contributed by atoms with Crippen molar-refractivity contribution in [1.82, 2.24) is 14.9 Å². The average molecular weight is 322 g/mol. The third kappa shape index (κ3) is 3.61. The van der Waals surface area contributed by atoms with E-state index < -0.39 is 11.5 Å². The predicted molar refractivity (Wildman–Crippen MR) is 87.3 cm³/mol. The molecule has 1 fully saturated rings. The van der Waals surface area contributed by atoms with Gasteiger partial charge in [0.25, 0.3) is 5.91 Å². The second-order valence-electron chi connectivity index (χ2n) is 6.46. The van der Waals surface area contributed by atoms with Crippen molar-refractivity contribution in [1.29, 1.82) is 0 Å². The van der Waals surface area contributed by atoms with E-state index in [9.17, 15) is 15.0 Å². The largest absolute Gasteiger partial charge is 0.396 e. The number of piperidine rings is 1. The Morgan fingerprint density at radius 3 is 2.83 bits per heavy atom. The molecule has 0 unspecified atom stereocenters. The summed E-state index contributed by atoms with van der Waals surface area (Å²) in [6.45, 7) is 3.11. The predicted octanol–water partition coefficient (Wildman–Crippen LogP) is 0.528. The summed E-state index contributed by atoms with van der Waals surface area (Å²) in [4.78, 5) is 24.0. The molecular formula is C16H26N4O3. The molecule has 1 aromatic heterocycles. The smallest absolute Gasteiger partial charge is 0.273 e. The Kier molecular flexibility index (Phi) is 5.54. The van der Waals surface area contributed by atoms with Crippen LogP contribution in [0.5, 0.6) is 0 Å². The van der Waals surface area contributed by atoms with E-state index in [0.29, 0.717) is 31.0 Å². The van der Waals surface area contributed by atoms with E-state index in [2.05, 4.69) is 9.97 Å². The number of hydrogen-bond acceptors (Lipinski definition) is 6. The van der Waals surface area contributed by atoms with Gasteiger partial charge in [-0.25, -0.2) is 4.98 Å². The number of hydrogen-bond donors (Lipinski definition) is 2. The lowest BCUT2D eigenvalue weighted by Gasteiger charge is -2.45. The highest BCUT2D eigenvalue weighted by molar-refractivity contribution is 5.91. The van der Waals surface area contributed by atoms with Gasteiger partial charge >= 0.3 is 0 Å². The molecule has 1 aromatic rings. The van der Waals surface area contributed by atoms with Gasteiger partial charge in [-0.1, -0.05) is 13.3 Å². The first-order valence-corrected chi connectivity index (χ1v) is 8.01. The Bertz CT molecular complexity index is 552. The van der Waals surface area contributed by atoms with Gasteiger partial charge in [-0.2, -0.15) is 0 Å². The molecule has 2 heterocycles. The van der Waals surface area contributed by atoms with Crippen molar-refractivity contribution in [3.8, 4) is 0 Å². The highest BCUT2D eigenvalue weighted by Gasteiger charge is 2.42.